The summed E-state index contributed by atoms with van der Waals surface area (Å²) in [4.78, 5) is 41.3. The number of hydrogen-bond acceptors (Lipinski definition) is 7. The van der Waals surface area contributed by atoms with E-state index >= 15 is 0 Å². The van der Waals surface area contributed by atoms with Gasteiger partial charge in [-0.3, -0.25) is 9.59 Å². The number of nitrogens with one attached hydrogen (secondary N) is 4. The highest BCUT2D eigenvalue weighted by Crippen LogP contribution is 2.31. The monoisotopic (exact) mass is 554 g/mol. The molecule has 1 unspecified atom stereocenters. The molecule has 2 heterocycles. The Labute approximate surface area is 220 Å². The molecule has 3 aromatic carbocycles. The molecule has 5 aromatic rings. The number of amides is 1. The van der Waals surface area contributed by atoms with E-state index in [0.29, 0.717) is 0 Å². The number of alkyl halides is 3. The summed E-state index contributed by atoms with van der Waals surface area (Å²) in [5.74, 6) is -1.39. The molecule has 5 rings (SSSR count). The minimum atomic E-state index is -4.61. The number of halogens is 4. The maximum atomic E-state index is 14.3. The fraction of sp³-hybridized carbons (Fsp3) is 0.120. The van der Waals surface area contributed by atoms with Crippen molar-refractivity contribution in [3.05, 3.63) is 110 Å². The molecule has 0 bridgehead atoms. The molecule has 0 radical (unpaired) electrons. The van der Waals surface area contributed by atoms with E-state index in [-0.39, 0.29) is 39.2 Å². The zero-order valence-corrected chi connectivity index (χ0v) is 20.4. The Kier molecular flexibility index (Phi) is 6.63. The van der Waals surface area contributed by atoms with E-state index < -0.39 is 40.8 Å². The fourth-order valence-corrected chi connectivity index (χ4v) is 4.13. The van der Waals surface area contributed by atoms with E-state index in [1.54, 1.807) is 0 Å². The minimum Gasteiger partial charge on any atom is -0.386 e. The Morgan fingerprint density at radius 3 is 2.45 bits per heavy atom. The molecule has 0 saturated carbocycles. The predicted molar refractivity (Wildman–Crippen MR) is 135 cm³/mol. The Hall–Kier alpha value is -5.34. The topological polar surface area (TPSA) is 150 Å². The standard InChI is InChI=1S/C25H18F4N8O3/c1-30-19-11-18-16(10-17(19)26)23(39)37(24(40)31-18)15-7-5-12(6-8-15)22(38)32-20(21-33-35-36-34-21)13-3-2-4-14(9-13)25(27,28)29/h2-11,20,30H,1H3,(H,31,40)(H,32,38)(H,33,34,35,36). The van der Waals surface area contributed by atoms with Crippen molar-refractivity contribution in [3.63, 3.8) is 0 Å². The molecule has 15 heteroatoms. The van der Waals surface area contributed by atoms with Gasteiger partial charge < -0.3 is 15.6 Å². The van der Waals surface area contributed by atoms with Crippen LogP contribution in [-0.2, 0) is 6.18 Å². The summed E-state index contributed by atoms with van der Waals surface area (Å²) in [6.45, 7) is 0. The third-order valence-electron chi connectivity index (χ3n) is 6.10. The van der Waals surface area contributed by atoms with Crippen molar-refractivity contribution in [3.8, 4) is 5.69 Å². The number of rotatable bonds is 6. The molecule has 2 aromatic heterocycles. The maximum Gasteiger partial charge on any atom is 0.416 e. The van der Waals surface area contributed by atoms with E-state index in [1.165, 1.54) is 49.5 Å². The number of hydrogen-bond donors (Lipinski definition) is 4. The number of carbonyl (C=O) groups is 1. The summed E-state index contributed by atoms with van der Waals surface area (Å²) in [5.41, 5.74) is -2.03. The highest BCUT2D eigenvalue weighted by Gasteiger charge is 2.32. The quantitative estimate of drug-likeness (QED) is 0.236. The van der Waals surface area contributed by atoms with Crippen LogP contribution in [0.2, 0.25) is 0 Å². The van der Waals surface area contributed by atoms with Crippen molar-refractivity contribution in [2.75, 3.05) is 12.4 Å². The summed E-state index contributed by atoms with van der Waals surface area (Å²) < 4.78 is 54.9. The van der Waals surface area contributed by atoms with E-state index in [0.717, 1.165) is 22.8 Å². The fourth-order valence-electron chi connectivity index (χ4n) is 4.13. The summed E-state index contributed by atoms with van der Waals surface area (Å²) in [5, 5.41) is 18.2. The lowest BCUT2D eigenvalue weighted by Crippen LogP contribution is -2.34. The van der Waals surface area contributed by atoms with Crippen LogP contribution in [-0.4, -0.2) is 43.1 Å². The van der Waals surface area contributed by atoms with Crippen molar-refractivity contribution >= 4 is 22.5 Å². The smallest absolute Gasteiger partial charge is 0.386 e. The summed E-state index contributed by atoms with van der Waals surface area (Å²) in [7, 11) is 1.49. The molecule has 4 N–H and O–H groups in total. The van der Waals surface area contributed by atoms with E-state index in [2.05, 4.69) is 36.2 Å². The molecule has 1 atom stereocenters. The van der Waals surface area contributed by atoms with Gasteiger partial charge in [-0.15, -0.1) is 5.10 Å². The first-order valence-electron chi connectivity index (χ1n) is 11.5. The Bertz CT molecular complexity index is 1830. The highest BCUT2D eigenvalue weighted by atomic mass is 19.4. The molecule has 1 amide bonds. The molecular weight excluding hydrogens is 536 g/mol. The largest absolute Gasteiger partial charge is 0.416 e. The number of tetrazole rings is 1. The van der Waals surface area contributed by atoms with E-state index in [1.807, 2.05) is 0 Å². The third kappa shape index (κ3) is 4.91. The van der Waals surface area contributed by atoms with Crippen LogP contribution < -0.4 is 21.9 Å². The number of nitrogens with zero attached hydrogens (tertiary/aromatic N) is 4. The zero-order valence-electron chi connectivity index (χ0n) is 20.4. The first-order chi connectivity index (χ1) is 19.1. The SMILES string of the molecule is CNc1cc2[nH]c(=O)n(-c3ccc(C(=O)NC(c4cccc(C(F)(F)F)c4)c4nnn[nH]4)cc3)c(=O)c2cc1F. The summed E-state index contributed by atoms with van der Waals surface area (Å²) in [6.07, 6.45) is -4.61. The van der Waals surface area contributed by atoms with Crippen molar-refractivity contribution in [2.24, 2.45) is 0 Å². The number of fused-ring (bicyclic) bond motifs is 1. The van der Waals surface area contributed by atoms with Crippen molar-refractivity contribution in [1.82, 2.24) is 35.5 Å². The second kappa shape index (κ2) is 10.1. The summed E-state index contributed by atoms with van der Waals surface area (Å²) in [6, 6.07) is 10.8. The number of carbonyl (C=O) groups excluding carboxylic acids is 1. The molecule has 0 fully saturated rings. The van der Waals surface area contributed by atoms with Gasteiger partial charge >= 0.3 is 11.9 Å². The summed E-state index contributed by atoms with van der Waals surface area (Å²) >= 11 is 0. The lowest BCUT2D eigenvalue weighted by molar-refractivity contribution is -0.137. The molecule has 40 heavy (non-hydrogen) atoms. The molecule has 11 nitrogen and oxygen atoms in total. The van der Waals surface area contributed by atoms with Gasteiger partial charge in [-0.25, -0.2) is 18.9 Å². The second-order valence-corrected chi connectivity index (χ2v) is 8.56. The van der Waals surface area contributed by atoms with Crippen LogP contribution in [0, 0.1) is 5.82 Å². The average Bonchev–Trinajstić information content (AvgIpc) is 3.46. The normalized spacial score (nSPS) is 12.3. The molecule has 0 spiro atoms. The van der Waals surface area contributed by atoms with Gasteiger partial charge in [0.2, 0.25) is 0 Å². The van der Waals surface area contributed by atoms with Crippen LogP contribution in [0.4, 0.5) is 23.2 Å². The molecule has 0 aliphatic carbocycles. The Morgan fingerprint density at radius 2 is 1.80 bits per heavy atom. The Morgan fingerprint density at radius 1 is 1.05 bits per heavy atom. The van der Waals surface area contributed by atoms with Crippen molar-refractivity contribution in [2.45, 2.75) is 12.2 Å². The van der Waals surface area contributed by atoms with Crippen LogP contribution in [0.5, 0.6) is 0 Å². The van der Waals surface area contributed by atoms with Crippen molar-refractivity contribution < 1.29 is 22.4 Å². The first kappa shape index (κ1) is 26.3. The van der Waals surface area contributed by atoms with Crippen LogP contribution in [0.3, 0.4) is 0 Å². The van der Waals surface area contributed by atoms with Gasteiger partial charge in [0.1, 0.15) is 11.9 Å². The average molecular weight is 554 g/mol. The van der Waals surface area contributed by atoms with Gasteiger partial charge in [0.05, 0.1) is 27.8 Å². The molecule has 0 aliphatic rings. The Balaban J connectivity index is 1.46. The first-order valence-corrected chi connectivity index (χ1v) is 11.5. The molecule has 0 aliphatic heterocycles. The molecular formula is C25H18F4N8O3. The second-order valence-electron chi connectivity index (χ2n) is 8.56. The number of aromatic nitrogens is 6. The maximum absolute atomic E-state index is 14.3. The lowest BCUT2D eigenvalue weighted by Gasteiger charge is -2.18. The van der Waals surface area contributed by atoms with Gasteiger partial charge in [-0.2, -0.15) is 13.2 Å². The number of anilines is 1. The zero-order chi connectivity index (χ0) is 28.6. The molecule has 0 saturated heterocycles. The minimum absolute atomic E-state index is 0.00722. The van der Waals surface area contributed by atoms with Crippen LogP contribution in [0.25, 0.3) is 16.6 Å². The van der Waals surface area contributed by atoms with Gasteiger partial charge in [-0.05, 0) is 64.5 Å². The number of benzene rings is 3. The van der Waals surface area contributed by atoms with Crippen LogP contribution in [0.1, 0.15) is 33.4 Å². The van der Waals surface area contributed by atoms with Crippen molar-refractivity contribution in [1.29, 1.82) is 0 Å². The third-order valence-corrected chi connectivity index (χ3v) is 6.10. The van der Waals surface area contributed by atoms with Crippen LogP contribution >= 0.6 is 0 Å². The predicted octanol–water partition coefficient (Wildman–Crippen LogP) is 2.91. The van der Waals surface area contributed by atoms with Gasteiger partial charge in [-0.1, -0.05) is 12.1 Å². The number of aromatic amines is 2. The van der Waals surface area contributed by atoms with Gasteiger partial charge in [0.15, 0.2) is 5.82 Å². The van der Waals surface area contributed by atoms with Gasteiger partial charge in [0, 0.05) is 12.6 Å². The van der Waals surface area contributed by atoms with Crippen LogP contribution in [0.15, 0.2) is 70.3 Å². The lowest BCUT2D eigenvalue weighted by atomic mass is 10.0. The van der Waals surface area contributed by atoms with E-state index in [4.69, 9.17) is 0 Å². The number of H-pyrrole nitrogens is 2. The van der Waals surface area contributed by atoms with E-state index in [9.17, 15) is 31.9 Å². The highest BCUT2D eigenvalue weighted by molar-refractivity contribution is 5.94. The van der Waals surface area contributed by atoms with Gasteiger partial charge in [0.25, 0.3) is 11.5 Å². The molecule has 204 valence electrons.